The Labute approximate surface area is 206 Å². The summed E-state index contributed by atoms with van der Waals surface area (Å²) in [4.78, 5) is 27.6. The molecule has 2 amide bonds. The van der Waals surface area contributed by atoms with Gasteiger partial charge in [0.15, 0.2) is 0 Å². The summed E-state index contributed by atoms with van der Waals surface area (Å²) in [5.74, 6) is 0.0826. The van der Waals surface area contributed by atoms with Gasteiger partial charge in [0.1, 0.15) is 18.3 Å². The van der Waals surface area contributed by atoms with Gasteiger partial charge in [0.2, 0.25) is 21.8 Å². The molecule has 8 nitrogen and oxygen atoms in total. The van der Waals surface area contributed by atoms with Gasteiger partial charge in [-0.2, -0.15) is 0 Å². The fourth-order valence-corrected chi connectivity index (χ4v) is 4.16. The number of rotatable bonds is 11. The summed E-state index contributed by atoms with van der Waals surface area (Å²) in [6, 6.07) is 12.5. The lowest BCUT2D eigenvalue weighted by Crippen LogP contribution is -2.51. The summed E-state index contributed by atoms with van der Waals surface area (Å²) in [6.45, 7) is 5.70. The van der Waals surface area contributed by atoms with Gasteiger partial charge in [-0.15, -0.1) is 0 Å². The van der Waals surface area contributed by atoms with Crippen molar-refractivity contribution < 1.29 is 22.7 Å². The molecule has 0 aliphatic heterocycles. The second kappa shape index (κ2) is 12.1. The van der Waals surface area contributed by atoms with Gasteiger partial charge in [-0.1, -0.05) is 37.6 Å². The van der Waals surface area contributed by atoms with Crippen molar-refractivity contribution in [1.29, 1.82) is 0 Å². The average molecular weight is 510 g/mol. The molecule has 0 radical (unpaired) electrons. The van der Waals surface area contributed by atoms with Crippen molar-refractivity contribution in [3.63, 3.8) is 0 Å². The molecule has 10 heteroatoms. The molecule has 1 N–H and O–H groups in total. The molecular weight excluding hydrogens is 478 g/mol. The first-order valence-corrected chi connectivity index (χ1v) is 13.1. The minimum absolute atomic E-state index is 0.122. The number of halogens is 1. The molecule has 0 heterocycles. The normalized spacial score (nSPS) is 12.2. The van der Waals surface area contributed by atoms with E-state index in [1.807, 2.05) is 13.8 Å². The van der Waals surface area contributed by atoms with Crippen LogP contribution in [-0.4, -0.2) is 57.6 Å². The second-order valence-corrected chi connectivity index (χ2v) is 10.8. The first-order valence-electron chi connectivity index (χ1n) is 10.9. The Morgan fingerprint density at radius 2 is 1.62 bits per heavy atom. The van der Waals surface area contributed by atoms with Crippen LogP contribution in [0.4, 0.5) is 5.69 Å². The lowest BCUT2D eigenvalue weighted by molar-refractivity contribution is -0.139. The number of anilines is 1. The fraction of sp³-hybridized carbons (Fsp3) is 0.417. The highest BCUT2D eigenvalue weighted by atomic mass is 35.5. The summed E-state index contributed by atoms with van der Waals surface area (Å²) in [7, 11) is -2.22. The van der Waals surface area contributed by atoms with Crippen LogP contribution in [0.2, 0.25) is 5.02 Å². The van der Waals surface area contributed by atoms with Crippen molar-refractivity contribution in [1.82, 2.24) is 10.2 Å². The highest BCUT2D eigenvalue weighted by Crippen LogP contribution is 2.22. The third-order valence-corrected chi connectivity index (χ3v) is 6.55. The zero-order chi connectivity index (χ0) is 25.5. The molecule has 0 saturated carbocycles. The van der Waals surface area contributed by atoms with Crippen LogP contribution in [0.25, 0.3) is 0 Å². The minimum atomic E-state index is -3.78. The molecule has 2 rings (SSSR count). The number of ether oxygens (including phenoxy) is 1. The van der Waals surface area contributed by atoms with Gasteiger partial charge in [-0.05, 0) is 54.8 Å². The molecule has 0 aliphatic rings. The average Bonchev–Trinajstić information content (AvgIpc) is 2.79. The monoisotopic (exact) mass is 509 g/mol. The van der Waals surface area contributed by atoms with E-state index in [0.717, 1.165) is 16.1 Å². The smallest absolute Gasteiger partial charge is 0.244 e. The van der Waals surface area contributed by atoms with Gasteiger partial charge in [0.25, 0.3) is 0 Å². The van der Waals surface area contributed by atoms with Crippen LogP contribution in [0, 0.1) is 5.92 Å². The van der Waals surface area contributed by atoms with Gasteiger partial charge in [0.05, 0.1) is 19.1 Å². The highest BCUT2D eigenvalue weighted by molar-refractivity contribution is 7.92. The molecule has 1 atom stereocenters. The van der Waals surface area contributed by atoms with Crippen LogP contribution in [0.5, 0.6) is 5.75 Å². The van der Waals surface area contributed by atoms with Gasteiger partial charge in [-0.3, -0.25) is 13.9 Å². The maximum absolute atomic E-state index is 13.4. The first-order chi connectivity index (χ1) is 15.9. The predicted octanol–water partition coefficient (Wildman–Crippen LogP) is 3.30. The molecule has 2 aromatic carbocycles. The van der Waals surface area contributed by atoms with Gasteiger partial charge < -0.3 is 15.0 Å². The quantitative estimate of drug-likeness (QED) is 0.501. The number of methoxy groups -OCH3 is 1. The molecular formula is C24H32ClN3O5S. The third kappa shape index (κ3) is 7.92. The van der Waals surface area contributed by atoms with Gasteiger partial charge in [-0.25, -0.2) is 8.42 Å². The van der Waals surface area contributed by atoms with Crippen LogP contribution >= 0.6 is 11.6 Å². The van der Waals surface area contributed by atoms with E-state index < -0.39 is 28.5 Å². The van der Waals surface area contributed by atoms with Crippen molar-refractivity contribution in [2.75, 3.05) is 30.8 Å². The molecule has 34 heavy (non-hydrogen) atoms. The molecule has 186 valence electrons. The van der Waals surface area contributed by atoms with Crippen LogP contribution in [0.3, 0.4) is 0 Å². The standard InChI is InChI=1S/C24H32ClN3O5S/c1-17(2)14-26-24(30)18(3)27(15-19-6-12-22(33-4)13-7-19)23(29)16-28(34(5,31)32)21-10-8-20(25)9-11-21/h6-13,17-18H,14-16H2,1-5H3,(H,26,30)/t18-/m0/s1. The van der Waals surface area contributed by atoms with E-state index in [2.05, 4.69) is 5.32 Å². The van der Waals surface area contributed by atoms with Crippen LogP contribution in [0.15, 0.2) is 48.5 Å². The predicted molar refractivity (Wildman–Crippen MR) is 134 cm³/mol. The van der Waals surface area contributed by atoms with Gasteiger partial charge >= 0.3 is 0 Å². The van der Waals surface area contributed by atoms with E-state index in [9.17, 15) is 18.0 Å². The number of benzene rings is 2. The van der Waals surface area contributed by atoms with Crippen molar-refractivity contribution in [2.45, 2.75) is 33.4 Å². The highest BCUT2D eigenvalue weighted by Gasteiger charge is 2.30. The molecule has 0 spiro atoms. The van der Waals surface area contributed by atoms with E-state index in [1.54, 1.807) is 50.4 Å². The van der Waals surface area contributed by atoms with Crippen molar-refractivity contribution in [3.8, 4) is 5.75 Å². The van der Waals surface area contributed by atoms with Crippen LogP contribution in [0.1, 0.15) is 26.3 Å². The minimum Gasteiger partial charge on any atom is -0.497 e. The molecule has 0 fully saturated rings. The number of carbonyl (C=O) groups is 2. The van der Waals surface area contributed by atoms with Crippen LogP contribution < -0.4 is 14.4 Å². The molecule has 0 unspecified atom stereocenters. The topological polar surface area (TPSA) is 96.0 Å². The van der Waals surface area contributed by atoms with E-state index in [1.165, 1.54) is 17.0 Å². The number of nitrogens with one attached hydrogen (secondary N) is 1. The van der Waals surface area contributed by atoms with Crippen molar-refractivity contribution in [2.24, 2.45) is 5.92 Å². The molecule has 0 aliphatic carbocycles. The van der Waals surface area contributed by atoms with E-state index in [4.69, 9.17) is 16.3 Å². The summed E-state index contributed by atoms with van der Waals surface area (Å²) in [5.41, 5.74) is 1.08. The fourth-order valence-electron chi connectivity index (χ4n) is 3.18. The second-order valence-electron chi connectivity index (χ2n) is 8.43. The Bertz CT molecular complexity index is 1070. The number of hydrogen-bond acceptors (Lipinski definition) is 5. The van der Waals surface area contributed by atoms with E-state index in [0.29, 0.717) is 23.0 Å². The molecule has 0 bridgehead atoms. The maximum Gasteiger partial charge on any atom is 0.244 e. The Hall–Kier alpha value is -2.78. The number of sulfonamides is 1. The Morgan fingerprint density at radius 3 is 2.12 bits per heavy atom. The van der Waals surface area contributed by atoms with E-state index in [-0.39, 0.29) is 18.4 Å². The molecule has 0 aromatic heterocycles. The largest absolute Gasteiger partial charge is 0.497 e. The Morgan fingerprint density at radius 1 is 1.03 bits per heavy atom. The molecule has 2 aromatic rings. The Kier molecular flexibility index (Phi) is 9.76. The lowest BCUT2D eigenvalue weighted by atomic mass is 10.1. The zero-order valence-corrected chi connectivity index (χ0v) is 21.7. The number of amides is 2. The number of nitrogens with zero attached hydrogens (tertiary/aromatic N) is 2. The lowest BCUT2D eigenvalue weighted by Gasteiger charge is -2.31. The van der Waals surface area contributed by atoms with E-state index >= 15 is 0 Å². The summed E-state index contributed by atoms with van der Waals surface area (Å²) in [5, 5.41) is 3.29. The zero-order valence-electron chi connectivity index (χ0n) is 20.1. The van der Waals surface area contributed by atoms with Gasteiger partial charge in [0, 0.05) is 18.1 Å². The van der Waals surface area contributed by atoms with Crippen LogP contribution in [-0.2, 0) is 26.2 Å². The maximum atomic E-state index is 13.4. The number of carbonyl (C=O) groups excluding carboxylic acids is 2. The van der Waals surface area contributed by atoms with Crippen molar-refractivity contribution in [3.05, 3.63) is 59.1 Å². The third-order valence-electron chi connectivity index (χ3n) is 5.16. The Balaban J connectivity index is 2.34. The first kappa shape index (κ1) is 27.5. The number of hydrogen-bond donors (Lipinski definition) is 1. The van der Waals surface area contributed by atoms with Crippen molar-refractivity contribution >= 4 is 39.1 Å². The summed E-state index contributed by atoms with van der Waals surface area (Å²) in [6.07, 6.45) is 1.03. The molecule has 0 saturated heterocycles. The summed E-state index contributed by atoms with van der Waals surface area (Å²) < 4.78 is 31.2. The SMILES string of the molecule is COc1ccc(CN(C(=O)CN(c2ccc(Cl)cc2)S(C)(=O)=O)[C@@H](C)C(=O)NCC(C)C)cc1. The summed E-state index contributed by atoms with van der Waals surface area (Å²) >= 11 is 5.93.